The van der Waals surface area contributed by atoms with Crippen LogP contribution < -0.4 is 0 Å². The summed E-state index contributed by atoms with van der Waals surface area (Å²) in [6, 6.07) is 2.20. The standard InChI is InChI=1S/C11H10N6S/c1-2-18-5-6(1)7-3-8-9(4-7)12-13-10(8)11-14-16-17-15-11/h1-2,5,7H,3-4H2,(H,12,13)(H,14,15,16,17). The third-order valence-corrected chi connectivity index (χ3v) is 4.13. The average Bonchev–Trinajstić information content (AvgIpc) is 3.13. The molecular formula is C11H10N6S. The van der Waals surface area contributed by atoms with Crippen LogP contribution in [0.3, 0.4) is 0 Å². The Balaban J connectivity index is 1.71. The van der Waals surface area contributed by atoms with Gasteiger partial charge < -0.3 is 0 Å². The fraction of sp³-hybridized carbons (Fsp3) is 0.273. The Morgan fingerprint density at radius 3 is 3.06 bits per heavy atom. The molecule has 6 nitrogen and oxygen atoms in total. The van der Waals surface area contributed by atoms with E-state index in [9.17, 15) is 0 Å². The monoisotopic (exact) mass is 258 g/mol. The number of rotatable bonds is 2. The molecule has 90 valence electrons. The number of aromatic nitrogens is 6. The molecule has 0 saturated heterocycles. The summed E-state index contributed by atoms with van der Waals surface area (Å²) in [5, 5.41) is 25.8. The zero-order valence-corrected chi connectivity index (χ0v) is 10.2. The third kappa shape index (κ3) is 1.40. The van der Waals surface area contributed by atoms with Crippen molar-refractivity contribution >= 4 is 11.3 Å². The van der Waals surface area contributed by atoms with Crippen LogP contribution in [-0.4, -0.2) is 30.8 Å². The van der Waals surface area contributed by atoms with Gasteiger partial charge in [0.1, 0.15) is 5.69 Å². The van der Waals surface area contributed by atoms with E-state index in [0.717, 1.165) is 18.5 Å². The topological polar surface area (TPSA) is 83.1 Å². The zero-order chi connectivity index (χ0) is 11.9. The van der Waals surface area contributed by atoms with E-state index >= 15 is 0 Å². The van der Waals surface area contributed by atoms with Gasteiger partial charge in [0, 0.05) is 11.3 Å². The lowest BCUT2D eigenvalue weighted by atomic mass is 9.99. The van der Waals surface area contributed by atoms with Crippen molar-refractivity contribution in [3.8, 4) is 11.5 Å². The Hall–Kier alpha value is -2.02. The second kappa shape index (κ2) is 3.74. The number of tetrazole rings is 1. The summed E-state index contributed by atoms with van der Waals surface area (Å²) < 4.78 is 0. The van der Waals surface area contributed by atoms with Crippen molar-refractivity contribution in [3.63, 3.8) is 0 Å². The molecule has 2 N–H and O–H groups in total. The summed E-state index contributed by atoms with van der Waals surface area (Å²) in [6.45, 7) is 0. The van der Waals surface area contributed by atoms with Gasteiger partial charge in [0.05, 0.1) is 0 Å². The Labute approximate surface area is 106 Å². The number of hydrogen-bond donors (Lipinski definition) is 2. The Morgan fingerprint density at radius 1 is 1.28 bits per heavy atom. The number of nitrogens with one attached hydrogen (secondary N) is 2. The van der Waals surface area contributed by atoms with Crippen LogP contribution in [0, 0.1) is 0 Å². The first kappa shape index (κ1) is 9.95. The summed E-state index contributed by atoms with van der Waals surface area (Å²) in [6.07, 6.45) is 2.00. The Morgan fingerprint density at radius 2 is 2.28 bits per heavy atom. The number of H-pyrrole nitrogens is 2. The molecule has 0 fully saturated rings. The number of aromatic amines is 2. The third-order valence-electron chi connectivity index (χ3n) is 3.43. The molecule has 1 unspecified atom stereocenters. The molecule has 0 saturated carbocycles. The molecule has 1 aliphatic rings. The summed E-state index contributed by atoms with van der Waals surface area (Å²) >= 11 is 1.74. The van der Waals surface area contributed by atoms with E-state index in [4.69, 9.17) is 0 Å². The summed E-state index contributed by atoms with van der Waals surface area (Å²) in [5.74, 6) is 1.12. The highest BCUT2D eigenvalue weighted by Gasteiger charge is 2.29. The van der Waals surface area contributed by atoms with Crippen molar-refractivity contribution in [2.75, 3.05) is 0 Å². The minimum atomic E-state index is 0.547. The molecule has 3 heterocycles. The van der Waals surface area contributed by atoms with Crippen LogP contribution in [0.15, 0.2) is 16.8 Å². The molecule has 1 atom stereocenters. The van der Waals surface area contributed by atoms with E-state index in [-0.39, 0.29) is 0 Å². The van der Waals surface area contributed by atoms with Crippen LogP contribution in [0.1, 0.15) is 22.7 Å². The Bertz CT molecular complexity index is 654. The number of thiophene rings is 1. The first-order valence-electron chi connectivity index (χ1n) is 5.74. The first-order chi connectivity index (χ1) is 8.92. The van der Waals surface area contributed by atoms with Crippen molar-refractivity contribution in [3.05, 3.63) is 33.6 Å². The molecule has 7 heteroatoms. The molecule has 0 aliphatic heterocycles. The van der Waals surface area contributed by atoms with Crippen molar-refractivity contribution in [2.45, 2.75) is 18.8 Å². The van der Waals surface area contributed by atoms with Gasteiger partial charge in [-0.15, -0.1) is 10.2 Å². The second-order valence-corrected chi connectivity index (χ2v) is 5.21. The van der Waals surface area contributed by atoms with Crippen molar-refractivity contribution in [1.82, 2.24) is 30.8 Å². The minimum Gasteiger partial charge on any atom is -0.282 e. The summed E-state index contributed by atoms with van der Waals surface area (Å²) in [4.78, 5) is 0. The average molecular weight is 258 g/mol. The van der Waals surface area contributed by atoms with Gasteiger partial charge in [-0.25, -0.2) is 0 Å². The van der Waals surface area contributed by atoms with Crippen molar-refractivity contribution in [1.29, 1.82) is 0 Å². The molecule has 3 aromatic heterocycles. The van der Waals surface area contributed by atoms with Crippen LogP contribution in [0.25, 0.3) is 11.5 Å². The van der Waals surface area contributed by atoms with Crippen LogP contribution in [0.5, 0.6) is 0 Å². The molecule has 0 amide bonds. The van der Waals surface area contributed by atoms with Crippen LogP contribution in [0.2, 0.25) is 0 Å². The van der Waals surface area contributed by atoms with E-state index in [1.807, 2.05) is 0 Å². The number of nitrogens with zero attached hydrogens (tertiary/aromatic N) is 4. The maximum Gasteiger partial charge on any atom is 0.225 e. The molecular weight excluding hydrogens is 248 g/mol. The number of fused-ring (bicyclic) bond motifs is 1. The smallest absolute Gasteiger partial charge is 0.225 e. The van der Waals surface area contributed by atoms with Gasteiger partial charge in [-0.05, 0) is 46.4 Å². The van der Waals surface area contributed by atoms with Gasteiger partial charge in [-0.1, -0.05) is 0 Å². The largest absolute Gasteiger partial charge is 0.282 e. The quantitative estimate of drug-likeness (QED) is 0.730. The molecule has 0 aromatic carbocycles. The van der Waals surface area contributed by atoms with Crippen LogP contribution >= 0.6 is 11.3 Å². The highest BCUT2D eigenvalue weighted by Crippen LogP contribution is 2.37. The summed E-state index contributed by atoms with van der Waals surface area (Å²) in [7, 11) is 0. The van der Waals surface area contributed by atoms with Gasteiger partial charge in [0.25, 0.3) is 0 Å². The van der Waals surface area contributed by atoms with E-state index in [1.165, 1.54) is 16.8 Å². The predicted molar refractivity (Wildman–Crippen MR) is 66.2 cm³/mol. The first-order valence-corrected chi connectivity index (χ1v) is 6.68. The molecule has 0 spiro atoms. The molecule has 3 aromatic rings. The molecule has 18 heavy (non-hydrogen) atoms. The van der Waals surface area contributed by atoms with E-state index in [2.05, 4.69) is 47.6 Å². The van der Waals surface area contributed by atoms with Gasteiger partial charge in [-0.3, -0.25) is 5.10 Å². The fourth-order valence-electron chi connectivity index (χ4n) is 2.55. The molecule has 4 rings (SSSR count). The zero-order valence-electron chi connectivity index (χ0n) is 9.42. The summed E-state index contributed by atoms with van der Waals surface area (Å²) in [5.41, 5.74) is 4.67. The Kier molecular flexibility index (Phi) is 2.07. The lowest BCUT2D eigenvalue weighted by Gasteiger charge is -2.05. The van der Waals surface area contributed by atoms with Gasteiger partial charge in [0.15, 0.2) is 0 Å². The molecule has 1 aliphatic carbocycles. The fourth-order valence-corrected chi connectivity index (χ4v) is 3.29. The SMILES string of the molecule is c1cc(C2Cc3[nH]nc(-c4nn[nH]n4)c3C2)cs1. The normalized spacial score (nSPS) is 18.1. The van der Waals surface area contributed by atoms with Crippen LogP contribution in [-0.2, 0) is 12.8 Å². The maximum absolute atomic E-state index is 4.29. The number of hydrogen-bond acceptors (Lipinski definition) is 5. The molecule has 0 radical (unpaired) electrons. The lowest BCUT2D eigenvalue weighted by Crippen LogP contribution is -1.98. The van der Waals surface area contributed by atoms with Crippen LogP contribution in [0.4, 0.5) is 0 Å². The predicted octanol–water partition coefficient (Wildman–Crippen LogP) is 1.53. The van der Waals surface area contributed by atoms with E-state index in [0.29, 0.717) is 11.7 Å². The van der Waals surface area contributed by atoms with Crippen molar-refractivity contribution < 1.29 is 0 Å². The van der Waals surface area contributed by atoms with E-state index < -0.39 is 0 Å². The highest BCUT2D eigenvalue weighted by atomic mass is 32.1. The second-order valence-electron chi connectivity index (χ2n) is 4.43. The van der Waals surface area contributed by atoms with Crippen molar-refractivity contribution in [2.24, 2.45) is 0 Å². The lowest BCUT2D eigenvalue weighted by molar-refractivity contribution is 0.726. The van der Waals surface area contributed by atoms with Gasteiger partial charge in [-0.2, -0.15) is 21.6 Å². The molecule has 0 bridgehead atoms. The maximum atomic E-state index is 4.29. The van der Waals surface area contributed by atoms with E-state index in [1.54, 1.807) is 11.3 Å². The minimum absolute atomic E-state index is 0.547. The highest BCUT2D eigenvalue weighted by molar-refractivity contribution is 7.07. The van der Waals surface area contributed by atoms with Gasteiger partial charge >= 0.3 is 0 Å². The van der Waals surface area contributed by atoms with Gasteiger partial charge in [0.2, 0.25) is 5.82 Å².